The molecule has 0 saturated carbocycles. The number of ether oxygens (including phenoxy) is 1. The van der Waals surface area contributed by atoms with E-state index in [0.717, 1.165) is 23.4 Å². The molecule has 1 amide bonds. The summed E-state index contributed by atoms with van der Waals surface area (Å²) in [5.41, 5.74) is 1.88. The highest BCUT2D eigenvalue weighted by atomic mass is 16.5. The summed E-state index contributed by atoms with van der Waals surface area (Å²) in [7, 11) is 0. The SMILES string of the molecule is CCC(C)c1ccccc1OCC(=O)NC(C)c1nnc2ccccn12. The van der Waals surface area contributed by atoms with Gasteiger partial charge in [-0.05, 0) is 43.0 Å². The Balaban J connectivity index is 1.63. The largest absolute Gasteiger partial charge is 0.483 e. The molecule has 6 nitrogen and oxygen atoms in total. The lowest BCUT2D eigenvalue weighted by Crippen LogP contribution is -2.32. The first-order valence-electron chi connectivity index (χ1n) is 8.91. The second kappa shape index (κ2) is 7.99. The number of carbonyl (C=O) groups excluding carboxylic acids is 1. The molecule has 1 N–H and O–H groups in total. The average Bonchev–Trinajstić information content (AvgIpc) is 3.10. The normalized spacial score (nSPS) is 13.3. The predicted molar refractivity (Wildman–Crippen MR) is 100 cm³/mol. The third kappa shape index (κ3) is 3.85. The van der Waals surface area contributed by atoms with Crippen molar-refractivity contribution < 1.29 is 9.53 Å². The number of fused-ring (bicyclic) bond motifs is 1. The molecule has 2 aromatic heterocycles. The topological polar surface area (TPSA) is 68.5 Å². The number of para-hydroxylation sites is 1. The highest BCUT2D eigenvalue weighted by Gasteiger charge is 2.17. The molecule has 0 spiro atoms. The van der Waals surface area contributed by atoms with E-state index in [1.165, 1.54) is 0 Å². The molecule has 26 heavy (non-hydrogen) atoms. The number of hydrogen-bond acceptors (Lipinski definition) is 4. The Labute approximate surface area is 153 Å². The molecule has 6 heteroatoms. The van der Waals surface area contributed by atoms with Crippen LogP contribution >= 0.6 is 0 Å². The molecular formula is C20H24N4O2. The second-order valence-electron chi connectivity index (χ2n) is 6.41. The fourth-order valence-corrected chi connectivity index (χ4v) is 2.89. The maximum Gasteiger partial charge on any atom is 0.258 e. The Morgan fingerprint density at radius 3 is 2.73 bits per heavy atom. The van der Waals surface area contributed by atoms with Crippen LogP contribution in [0.2, 0.25) is 0 Å². The van der Waals surface area contributed by atoms with Crippen LogP contribution in [0.1, 0.15) is 50.5 Å². The molecule has 136 valence electrons. The Hall–Kier alpha value is -2.89. The minimum atomic E-state index is -0.270. The van der Waals surface area contributed by atoms with Crippen molar-refractivity contribution in [3.63, 3.8) is 0 Å². The van der Waals surface area contributed by atoms with Gasteiger partial charge in [0.15, 0.2) is 18.1 Å². The summed E-state index contributed by atoms with van der Waals surface area (Å²) in [6.45, 7) is 6.14. The van der Waals surface area contributed by atoms with Crippen LogP contribution in [0.4, 0.5) is 0 Å². The standard InChI is InChI=1S/C20H24N4O2/c1-4-14(2)16-9-5-6-10-17(16)26-13-19(25)21-15(3)20-23-22-18-11-7-8-12-24(18)20/h5-12,14-15H,4,13H2,1-3H3,(H,21,25). The van der Waals surface area contributed by atoms with Gasteiger partial charge in [0.05, 0.1) is 6.04 Å². The lowest BCUT2D eigenvalue weighted by molar-refractivity contribution is -0.123. The molecule has 2 atom stereocenters. The van der Waals surface area contributed by atoms with Crippen LogP contribution in [0.15, 0.2) is 48.7 Å². The van der Waals surface area contributed by atoms with Gasteiger partial charge in [0.1, 0.15) is 5.75 Å². The number of carbonyl (C=O) groups is 1. The molecule has 3 rings (SSSR count). The van der Waals surface area contributed by atoms with Crippen LogP contribution < -0.4 is 10.1 Å². The third-order valence-corrected chi connectivity index (χ3v) is 4.53. The summed E-state index contributed by atoms with van der Waals surface area (Å²) >= 11 is 0. The fraction of sp³-hybridized carbons (Fsp3) is 0.350. The maximum atomic E-state index is 12.3. The number of pyridine rings is 1. The summed E-state index contributed by atoms with van der Waals surface area (Å²) in [4.78, 5) is 12.3. The quantitative estimate of drug-likeness (QED) is 0.707. The van der Waals surface area contributed by atoms with Crippen LogP contribution in [0.3, 0.4) is 0 Å². The number of nitrogens with one attached hydrogen (secondary N) is 1. The predicted octanol–water partition coefficient (Wildman–Crippen LogP) is 3.50. The monoisotopic (exact) mass is 352 g/mol. The van der Waals surface area contributed by atoms with Gasteiger partial charge < -0.3 is 10.1 Å². The molecular weight excluding hydrogens is 328 g/mol. The summed E-state index contributed by atoms with van der Waals surface area (Å²) in [5, 5.41) is 11.2. The number of hydrogen-bond donors (Lipinski definition) is 1. The van der Waals surface area contributed by atoms with Gasteiger partial charge in [-0.1, -0.05) is 38.1 Å². The van der Waals surface area contributed by atoms with Gasteiger partial charge in [-0.25, -0.2) is 0 Å². The van der Waals surface area contributed by atoms with Crippen molar-refractivity contribution in [2.24, 2.45) is 0 Å². The van der Waals surface area contributed by atoms with Crippen molar-refractivity contribution in [1.82, 2.24) is 19.9 Å². The smallest absolute Gasteiger partial charge is 0.258 e. The van der Waals surface area contributed by atoms with E-state index in [9.17, 15) is 4.79 Å². The van der Waals surface area contributed by atoms with E-state index in [2.05, 4.69) is 29.4 Å². The van der Waals surface area contributed by atoms with Gasteiger partial charge in [-0.3, -0.25) is 9.20 Å². The zero-order chi connectivity index (χ0) is 18.5. The Morgan fingerprint density at radius 2 is 1.92 bits per heavy atom. The summed E-state index contributed by atoms with van der Waals surface area (Å²) in [6, 6.07) is 13.3. The van der Waals surface area contributed by atoms with Gasteiger partial charge in [0, 0.05) is 6.20 Å². The van der Waals surface area contributed by atoms with Gasteiger partial charge in [0.2, 0.25) is 0 Å². The molecule has 3 aromatic rings. The molecule has 0 radical (unpaired) electrons. The summed E-state index contributed by atoms with van der Waals surface area (Å²) < 4.78 is 7.64. The molecule has 2 unspecified atom stereocenters. The molecule has 0 saturated heterocycles. The summed E-state index contributed by atoms with van der Waals surface area (Å²) in [5.74, 6) is 1.64. The van der Waals surface area contributed by atoms with Crippen molar-refractivity contribution in [2.45, 2.75) is 39.2 Å². The molecule has 0 aliphatic rings. The Morgan fingerprint density at radius 1 is 1.15 bits per heavy atom. The number of amides is 1. The molecule has 0 aliphatic carbocycles. The van der Waals surface area contributed by atoms with Crippen molar-refractivity contribution in [1.29, 1.82) is 0 Å². The third-order valence-electron chi connectivity index (χ3n) is 4.53. The Bertz CT molecular complexity index is 890. The van der Waals surface area contributed by atoms with E-state index in [0.29, 0.717) is 11.7 Å². The zero-order valence-electron chi connectivity index (χ0n) is 15.3. The van der Waals surface area contributed by atoms with Crippen molar-refractivity contribution in [2.75, 3.05) is 6.61 Å². The number of benzene rings is 1. The van der Waals surface area contributed by atoms with E-state index in [-0.39, 0.29) is 18.6 Å². The van der Waals surface area contributed by atoms with Crippen molar-refractivity contribution >= 4 is 11.6 Å². The van der Waals surface area contributed by atoms with E-state index >= 15 is 0 Å². The molecule has 0 aliphatic heterocycles. The zero-order valence-corrected chi connectivity index (χ0v) is 15.3. The van der Waals surface area contributed by atoms with Crippen LogP contribution in [0.25, 0.3) is 5.65 Å². The number of nitrogens with zero attached hydrogens (tertiary/aromatic N) is 3. The van der Waals surface area contributed by atoms with Gasteiger partial charge >= 0.3 is 0 Å². The first-order chi connectivity index (χ1) is 12.6. The molecule has 2 heterocycles. The average molecular weight is 352 g/mol. The number of aromatic nitrogens is 3. The number of rotatable bonds is 7. The first-order valence-corrected chi connectivity index (χ1v) is 8.91. The first kappa shape index (κ1) is 17.9. The van der Waals surface area contributed by atoms with Crippen LogP contribution in [-0.2, 0) is 4.79 Å². The van der Waals surface area contributed by atoms with Crippen LogP contribution in [0.5, 0.6) is 5.75 Å². The van der Waals surface area contributed by atoms with E-state index < -0.39 is 0 Å². The minimum Gasteiger partial charge on any atom is -0.483 e. The molecule has 0 fully saturated rings. The van der Waals surface area contributed by atoms with Crippen LogP contribution in [0, 0.1) is 0 Å². The minimum absolute atomic E-state index is 0.0332. The van der Waals surface area contributed by atoms with E-state index in [4.69, 9.17) is 4.74 Å². The molecule has 0 bridgehead atoms. The highest BCUT2D eigenvalue weighted by molar-refractivity contribution is 5.78. The van der Waals surface area contributed by atoms with Crippen LogP contribution in [-0.4, -0.2) is 27.1 Å². The lowest BCUT2D eigenvalue weighted by atomic mass is 9.98. The van der Waals surface area contributed by atoms with Crippen molar-refractivity contribution in [3.05, 3.63) is 60.0 Å². The Kier molecular flexibility index (Phi) is 5.51. The maximum absolute atomic E-state index is 12.3. The van der Waals surface area contributed by atoms with Crippen molar-refractivity contribution in [3.8, 4) is 5.75 Å². The highest BCUT2D eigenvalue weighted by Crippen LogP contribution is 2.28. The van der Waals surface area contributed by atoms with E-state index in [1.807, 2.05) is 60.0 Å². The summed E-state index contributed by atoms with van der Waals surface area (Å²) in [6.07, 6.45) is 2.90. The fourth-order valence-electron chi connectivity index (χ4n) is 2.89. The van der Waals surface area contributed by atoms with Gasteiger partial charge in [-0.2, -0.15) is 0 Å². The second-order valence-corrected chi connectivity index (χ2v) is 6.41. The lowest BCUT2D eigenvalue weighted by Gasteiger charge is -2.16. The van der Waals surface area contributed by atoms with Gasteiger partial charge in [0.25, 0.3) is 5.91 Å². The van der Waals surface area contributed by atoms with E-state index in [1.54, 1.807) is 0 Å². The van der Waals surface area contributed by atoms with Gasteiger partial charge in [-0.15, -0.1) is 10.2 Å². The molecule has 1 aromatic carbocycles.